The number of aromatic nitrogens is 4. The fraction of sp³-hybridized carbons (Fsp3) is 0. The number of rotatable bonds is 5. The average Bonchev–Trinajstić information content (AvgIpc) is 3.32. The van der Waals surface area contributed by atoms with E-state index in [1.165, 1.54) is 6.20 Å². The maximum Gasteiger partial charge on any atom is 0.271 e. The van der Waals surface area contributed by atoms with Gasteiger partial charge in [0.25, 0.3) is 8.87 Å². The normalized spacial score (nSPS) is 11.5. The van der Waals surface area contributed by atoms with Gasteiger partial charge in [0.2, 0.25) is 5.16 Å². The minimum absolute atomic E-state index is 0.0312. The minimum Gasteiger partial charge on any atom is -0.294 e. The second-order valence-corrected chi connectivity index (χ2v) is 8.99. The zero-order valence-electron chi connectivity index (χ0n) is 13.5. The molecule has 130 valence electrons. The molecule has 8 heteroatoms. The molecule has 0 bridgehead atoms. The second kappa shape index (κ2) is 6.81. The van der Waals surface area contributed by atoms with Gasteiger partial charge in [-0.25, -0.2) is 18.4 Å². The van der Waals surface area contributed by atoms with Crippen LogP contribution in [0, 0.1) is 0 Å². The van der Waals surface area contributed by atoms with E-state index in [0.29, 0.717) is 16.0 Å². The summed E-state index contributed by atoms with van der Waals surface area (Å²) in [6.45, 7) is 0. The lowest BCUT2D eigenvalue weighted by Crippen LogP contribution is -2.07. The fourth-order valence-corrected chi connectivity index (χ4v) is 5.30. The summed E-state index contributed by atoms with van der Waals surface area (Å²) in [6, 6.07) is 18.7. The number of para-hydroxylation sites is 2. The van der Waals surface area contributed by atoms with Crippen LogP contribution in [0.25, 0.3) is 11.4 Å². The van der Waals surface area contributed by atoms with Crippen molar-refractivity contribution in [3.63, 3.8) is 0 Å². The third-order valence-corrected chi connectivity index (χ3v) is 6.66. The van der Waals surface area contributed by atoms with Crippen molar-refractivity contribution in [3.05, 3.63) is 85.5 Å². The Morgan fingerprint density at radius 2 is 1.27 bits per heavy atom. The highest BCUT2D eigenvalue weighted by molar-refractivity contribution is 8.71. The molecule has 0 radical (unpaired) electrons. The molecule has 2 aromatic carbocycles. The van der Waals surface area contributed by atoms with Gasteiger partial charge in [0, 0.05) is 36.2 Å². The van der Waals surface area contributed by atoms with Crippen LogP contribution in [-0.2, 0) is 8.87 Å². The molecule has 6 nitrogen and oxygen atoms in total. The first-order valence-electron chi connectivity index (χ1n) is 7.77. The van der Waals surface area contributed by atoms with Gasteiger partial charge in [-0.15, -0.1) is 0 Å². The predicted octanol–water partition coefficient (Wildman–Crippen LogP) is 3.54. The molecule has 0 fully saturated rings. The van der Waals surface area contributed by atoms with Crippen LogP contribution in [0.5, 0.6) is 0 Å². The molecule has 0 saturated carbocycles. The van der Waals surface area contributed by atoms with E-state index in [1.807, 2.05) is 60.7 Å². The number of hydrogen-bond acceptors (Lipinski definition) is 5. The van der Waals surface area contributed by atoms with Gasteiger partial charge >= 0.3 is 0 Å². The molecule has 0 N–H and O–H groups in total. The average molecular weight is 382 g/mol. The predicted molar refractivity (Wildman–Crippen MR) is 100 cm³/mol. The van der Waals surface area contributed by atoms with Gasteiger partial charge in [0.15, 0.2) is 5.16 Å². The van der Waals surface area contributed by atoms with Crippen molar-refractivity contribution in [2.75, 3.05) is 0 Å². The Morgan fingerprint density at radius 3 is 1.92 bits per heavy atom. The molecule has 26 heavy (non-hydrogen) atoms. The molecule has 0 aliphatic heterocycles. The molecule has 2 aromatic heterocycles. The summed E-state index contributed by atoms with van der Waals surface area (Å²) in [4.78, 5) is 8.26. The van der Waals surface area contributed by atoms with Gasteiger partial charge in [0.05, 0.1) is 10.8 Å². The second-order valence-electron chi connectivity index (χ2n) is 5.37. The Balaban J connectivity index is 1.71. The van der Waals surface area contributed by atoms with E-state index in [4.69, 9.17) is 0 Å². The first-order chi connectivity index (χ1) is 12.6. The third-order valence-electron chi connectivity index (χ3n) is 3.69. The van der Waals surface area contributed by atoms with Crippen LogP contribution >= 0.6 is 10.8 Å². The van der Waals surface area contributed by atoms with Gasteiger partial charge in [-0.2, -0.15) is 0 Å². The molecule has 4 rings (SSSR count). The molecule has 0 aliphatic rings. The van der Waals surface area contributed by atoms with Crippen molar-refractivity contribution in [2.45, 2.75) is 10.3 Å². The van der Waals surface area contributed by atoms with E-state index >= 15 is 0 Å². The molecule has 0 amide bonds. The van der Waals surface area contributed by atoms with Crippen LogP contribution in [0.2, 0.25) is 0 Å². The molecule has 0 aliphatic carbocycles. The van der Waals surface area contributed by atoms with E-state index in [9.17, 15) is 8.42 Å². The van der Waals surface area contributed by atoms with Crippen LogP contribution in [0.1, 0.15) is 0 Å². The number of hydrogen-bond donors (Lipinski definition) is 0. The van der Waals surface area contributed by atoms with Crippen LogP contribution in [0.3, 0.4) is 0 Å². The SMILES string of the molecule is O=S(=O)(Sc1nccn1-c1ccccc1)c1nccn1-c1ccccc1. The number of nitrogens with zero attached hydrogens (tertiary/aromatic N) is 4. The van der Waals surface area contributed by atoms with Gasteiger partial charge in [0.1, 0.15) is 0 Å². The monoisotopic (exact) mass is 382 g/mol. The van der Waals surface area contributed by atoms with E-state index < -0.39 is 8.87 Å². The lowest BCUT2D eigenvalue weighted by Gasteiger charge is -2.09. The quantitative estimate of drug-likeness (QED) is 0.494. The first kappa shape index (κ1) is 16.6. The zero-order valence-corrected chi connectivity index (χ0v) is 15.1. The minimum atomic E-state index is -3.76. The van der Waals surface area contributed by atoms with Gasteiger partial charge < -0.3 is 0 Å². The maximum atomic E-state index is 13.0. The topological polar surface area (TPSA) is 69.8 Å². The van der Waals surface area contributed by atoms with E-state index in [-0.39, 0.29) is 5.16 Å². The summed E-state index contributed by atoms with van der Waals surface area (Å²) in [5.41, 5.74) is 1.57. The largest absolute Gasteiger partial charge is 0.294 e. The zero-order chi connectivity index (χ0) is 18.0. The Morgan fingerprint density at radius 1 is 0.731 bits per heavy atom. The molecular formula is C18H14N4O2S2. The van der Waals surface area contributed by atoms with Crippen molar-refractivity contribution in [1.82, 2.24) is 19.1 Å². The molecular weight excluding hydrogens is 368 g/mol. The molecule has 2 heterocycles. The van der Waals surface area contributed by atoms with Crippen LogP contribution < -0.4 is 0 Å². The summed E-state index contributed by atoms with van der Waals surface area (Å²) < 4.78 is 29.2. The van der Waals surface area contributed by atoms with Crippen molar-refractivity contribution < 1.29 is 8.42 Å². The molecule has 0 atom stereocenters. The van der Waals surface area contributed by atoms with Gasteiger partial charge in [-0.05, 0) is 24.3 Å². The fourth-order valence-electron chi connectivity index (χ4n) is 2.53. The Hall–Kier alpha value is -2.84. The van der Waals surface area contributed by atoms with Crippen LogP contribution in [0.15, 0.2) is 95.8 Å². The van der Waals surface area contributed by atoms with E-state index in [0.717, 1.165) is 11.4 Å². The third kappa shape index (κ3) is 3.16. The first-order valence-corrected chi connectivity index (χ1v) is 10.6. The van der Waals surface area contributed by atoms with Gasteiger partial charge in [-0.3, -0.25) is 9.13 Å². The highest BCUT2D eigenvalue weighted by Crippen LogP contribution is 2.31. The highest BCUT2D eigenvalue weighted by atomic mass is 33.1. The molecule has 4 aromatic rings. The van der Waals surface area contributed by atoms with Crippen molar-refractivity contribution in [3.8, 4) is 11.4 Å². The summed E-state index contributed by atoms with van der Waals surface area (Å²) in [5.74, 6) is 0. The van der Waals surface area contributed by atoms with Crippen molar-refractivity contribution >= 4 is 19.7 Å². The lowest BCUT2D eigenvalue weighted by atomic mass is 10.3. The Labute approximate surface area is 154 Å². The van der Waals surface area contributed by atoms with Crippen LogP contribution in [0.4, 0.5) is 0 Å². The van der Waals surface area contributed by atoms with E-state index in [2.05, 4.69) is 9.97 Å². The Kier molecular flexibility index (Phi) is 4.36. The standard InChI is InChI=1S/C18H14N4O2S2/c23-26(24,18-20-12-14-22(18)16-9-5-2-6-10-16)25-17-19-11-13-21(17)15-7-3-1-4-8-15/h1-14H. The molecule has 0 saturated heterocycles. The Bertz CT molecular complexity index is 1120. The van der Waals surface area contributed by atoms with Crippen molar-refractivity contribution in [2.24, 2.45) is 0 Å². The van der Waals surface area contributed by atoms with Crippen LogP contribution in [-0.4, -0.2) is 27.5 Å². The summed E-state index contributed by atoms with van der Waals surface area (Å²) in [6.07, 6.45) is 6.42. The summed E-state index contributed by atoms with van der Waals surface area (Å²) in [7, 11) is -3.08. The lowest BCUT2D eigenvalue weighted by molar-refractivity contribution is 0.599. The summed E-state index contributed by atoms with van der Waals surface area (Å²) in [5, 5.41) is 0.329. The highest BCUT2D eigenvalue weighted by Gasteiger charge is 2.25. The van der Waals surface area contributed by atoms with E-state index in [1.54, 1.807) is 27.7 Å². The molecule has 0 unspecified atom stereocenters. The maximum absolute atomic E-state index is 13.0. The summed E-state index contributed by atoms with van der Waals surface area (Å²) >= 11 is 0. The number of benzene rings is 2. The smallest absolute Gasteiger partial charge is 0.271 e. The number of imidazole rings is 2. The van der Waals surface area contributed by atoms with Crippen molar-refractivity contribution in [1.29, 1.82) is 0 Å². The van der Waals surface area contributed by atoms with Gasteiger partial charge in [-0.1, -0.05) is 36.4 Å². The molecule has 0 spiro atoms.